The summed E-state index contributed by atoms with van der Waals surface area (Å²) in [6.07, 6.45) is 2.13. The van der Waals surface area contributed by atoms with Gasteiger partial charge >= 0.3 is 0 Å². The minimum Gasteiger partial charge on any atom is -0.494 e. The highest BCUT2D eigenvalue weighted by Gasteiger charge is 2.38. The van der Waals surface area contributed by atoms with Crippen molar-refractivity contribution in [1.82, 2.24) is 9.78 Å². The third kappa shape index (κ3) is 2.96. The fraction of sp³-hybridized carbons (Fsp3) is 0.250. The number of nitrogens with zero attached hydrogens (tertiary/aromatic N) is 1. The molecule has 0 unspecified atom stereocenters. The molecule has 1 aliphatic carbocycles. The zero-order chi connectivity index (χ0) is 20.7. The first kappa shape index (κ1) is 18.5. The van der Waals surface area contributed by atoms with Crippen LogP contribution < -0.4 is 15.6 Å². The number of carbonyl (C=O) groups excluding carboxylic acids is 1. The van der Waals surface area contributed by atoms with E-state index in [0.717, 1.165) is 35.5 Å². The molecule has 152 valence electrons. The number of H-pyrrole nitrogens is 1. The number of para-hydroxylation sites is 1. The monoisotopic (exact) mass is 401 g/mol. The summed E-state index contributed by atoms with van der Waals surface area (Å²) in [5, 5.41) is 6.57. The number of anilines is 1. The van der Waals surface area contributed by atoms with Crippen LogP contribution in [0.5, 0.6) is 5.75 Å². The molecule has 2 heterocycles. The largest absolute Gasteiger partial charge is 0.494 e. The van der Waals surface area contributed by atoms with Crippen molar-refractivity contribution in [2.24, 2.45) is 0 Å². The van der Waals surface area contributed by atoms with Crippen LogP contribution in [0, 0.1) is 0 Å². The van der Waals surface area contributed by atoms with Crippen LogP contribution >= 0.6 is 0 Å². The van der Waals surface area contributed by atoms with Gasteiger partial charge in [-0.05, 0) is 49.6 Å². The van der Waals surface area contributed by atoms with Crippen molar-refractivity contribution in [3.05, 3.63) is 87.3 Å². The number of hydrogen-bond acceptors (Lipinski definition) is 4. The Balaban J connectivity index is 1.69. The van der Waals surface area contributed by atoms with Gasteiger partial charge in [-0.3, -0.25) is 14.7 Å². The number of carbonyl (C=O) groups is 1. The van der Waals surface area contributed by atoms with Crippen LogP contribution in [0.25, 0.3) is 5.69 Å². The number of allylic oxidation sites excluding steroid dienone is 2. The first-order chi connectivity index (χ1) is 14.7. The van der Waals surface area contributed by atoms with E-state index in [1.807, 2.05) is 61.5 Å². The molecule has 30 heavy (non-hydrogen) atoms. The van der Waals surface area contributed by atoms with E-state index in [0.29, 0.717) is 30.0 Å². The highest BCUT2D eigenvalue weighted by Crippen LogP contribution is 2.43. The van der Waals surface area contributed by atoms with Crippen LogP contribution in [-0.2, 0) is 4.79 Å². The van der Waals surface area contributed by atoms with Crippen molar-refractivity contribution in [2.75, 3.05) is 11.9 Å². The summed E-state index contributed by atoms with van der Waals surface area (Å²) >= 11 is 0. The lowest BCUT2D eigenvalue weighted by molar-refractivity contribution is -0.116. The summed E-state index contributed by atoms with van der Waals surface area (Å²) in [6, 6.07) is 17.2. The molecular formula is C24H23N3O3. The molecular weight excluding hydrogens is 378 g/mol. The Bertz CT molecular complexity index is 1190. The van der Waals surface area contributed by atoms with E-state index < -0.39 is 5.92 Å². The Morgan fingerprint density at radius 3 is 2.53 bits per heavy atom. The van der Waals surface area contributed by atoms with Gasteiger partial charge in [0.25, 0.3) is 5.56 Å². The standard InChI is InChI=1S/C24H23N3O3/c1-2-30-17-13-11-15(12-14-17)20-21-18(9-6-10-19(21)28)25-23-22(20)24(29)27(26-23)16-7-4-3-5-8-16/h3-5,7-8,11-14,20,25-26H,2,6,9-10H2,1H3/t20-/m0/s1. The second-order valence-electron chi connectivity index (χ2n) is 7.61. The van der Waals surface area contributed by atoms with Crippen molar-refractivity contribution in [1.29, 1.82) is 0 Å². The molecule has 0 bridgehead atoms. The Labute approximate surface area is 174 Å². The van der Waals surface area contributed by atoms with Crippen LogP contribution in [0.2, 0.25) is 0 Å². The quantitative estimate of drug-likeness (QED) is 0.689. The second kappa shape index (κ2) is 7.37. The molecule has 1 aliphatic heterocycles. The first-order valence-corrected chi connectivity index (χ1v) is 10.3. The van der Waals surface area contributed by atoms with E-state index in [1.165, 1.54) is 0 Å². The van der Waals surface area contributed by atoms with Crippen molar-refractivity contribution in [3.63, 3.8) is 0 Å². The van der Waals surface area contributed by atoms with Gasteiger partial charge in [-0.2, -0.15) is 0 Å². The molecule has 1 aromatic heterocycles. The molecule has 2 aromatic carbocycles. The molecule has 2 N–H and O–H groups in total. The smallest absolute Gasteiger partial charge is 0.277 e. The number of rotatable bonds is 4. The lowest BCUT2D eigenvalue weighted by Crippen LogP contribution is -2.29. The zero-order valence-electron chi connectivity index (χ0n) is 16.8. The van der Waals surface area contributed by atoms with Crippen LogP contribution in [0.4, 0.5) is 5.82 Å². The van der Waals surface area contributed by atoms with E-state index in [1.54, 1.807) is 4.68 Å². The Morgan fingerprint density at radius 1 is 1.03 bits per heavy atom. The molecule has 6 nitrogen and oxygen atoms in total. The minimum atomic E-state index is -0.395. The van der Waals surface area contributed by atoms with Gasteiger partial charge in [0.2, 0.25) is 0 Å². The predicted molar refractivity (Wildman–Crippen MR) is 115 cm³/mol. The predicted octanol–water partition coefficient (Wildman–Crippen LogP) is 4.13. The van der Waals surface area contributed by atoms with Gasteiger partial charge in [0.1, 0.15) is 11.6 Å². The number of benzene rings is 2. The third-order valence-corrected chi connectivity index (χ3v) is 5.77. The van der Waals surface area contributed by atoms with Gasteiger partial charge in [-0.25, -0.2) is 4.68 Å². The summed E-state index contributed by atoms with van der Waals surface area (Å²) in [7, 11) is 0. The van der Waals surface area contributed by atoms with Crippen LogP contribution in [-0.4, -0.2) is 22.2 Å². The molecule has 0 fully saturated rings. The maximum absolute atomic E-state index is 13.5. The zero-order valence-corrected chi connectivity index (χ0v) is 16.8. The van der Waals surface area contributed by atoms with E-state index in [9.17, 15) is 9.59 Å². The molecule has 6 heteroatoms. The molecule has 0 radical (unpaired) electrons. The van der Waals surface area contributed by atoms with Crippen molar-refractivity contribution in [2.45, 2.75) is 32.1 Å². The van der Waals surface area contributed by atoms with Crippen molar-refractivity contribution >= 4 is 11.6 Å². The number of nitrogens with one attached hydrogen (secondary N) is 2. The van der Waals surface area contributed by atoms with E-state index in [2.05, 4.69) is 10.4 Å². The molecule has 0 spiro atoms. The Hall–Kier alpha value is -3.54. The average Bonchev–Trinajstić information content (AvgIpc) is 3.10. The van der Waals surface area contributed by atoms with Gasteiger partial charge in [0.05, 0.1) is 17.9 Å². The fourth-order valence-electron chi connectivity index (χ4n) is 4.45. The lowest BCUT2D eigenvalue weighted by atomic mass is 9.77. The Morgan fingerprint density at radius 2 is 1.80 bits per heavy atom. The van der Waals surface area contributed by atoms with Crippen LogP contribution in [0.15, 0.2) is 70.7 Å². The summed E-state index contributed by atoms with van der Waals surface area (Å²) in [6.45, 7) is 2.53. The Kier molecular flexibility index (Phi) is 4.54. The third-order valence-electron chi connectivity index (χ3n) is 5.77. The highest BCUT2D eigenvalue weighted by atomic mass is 16.5. The molecule has 5 rings (SSSR count). The van der Waals surface area contributed by atoms with Gasteiger partial charge in [-0.15, -0.1) is 0 Å². The van der Waals surface area contributed by atoms with E-state index in [-0.39, 0.29) is 11.3 Å². The number of ketones is 1. The summed E-state index contributed by atoms with van der Waals surface area (Å²) in [5.41, 5.74) is 3.74. The van der Waals surface area contributed by atoms with Crippen molar-refractivity contribution < 1.29 is 9.53 Å². The molecule has 0 saturated carbocycles. The average molecular weight is 401 g/mol. The molecule has 2 aliphatic rings. The molecule has 1 atom stereocenters. The topological polar surface area (TPSA) is 76.1 Å². The van der Waals surface area contributed by atoms with Crippen LogP contribution in [0.3, 0.4) is 0 Å². The lowest BCUT2D eigenvalue weighted by Gasteiger charge is -2.31. The summed E-state index contributed by atoms with van der Waals surface area (Å²) in [4.78, 5) is 26.4. The fourth-order valence-corrected chi connectivity index (χ4v) is 4.45. The maximum Gasteiger partial charge on any atom is 0.277 e. The van der Waals surface area contributed by atoms with Gasteiger partial charge in [0, 0.05) is 23.6 Å². The normalized spacial score (nSPS) is 17.9. The SMILES string of the molecule is CCOc1ccc([C@H]2C3=C(CCCC3=O)Nc3[nH]n(-c4ccccc4)c(=O)c32)cc1. The van der Waals surface area contributed by atoms with Crippen LogP contribution in [0.1, 0.15) is 43.2 Å². The summed E-state index contributed by atoms with van der Waals surface area (Å²) in [5.74, 6) is 1.15. The van der Waals surface area contributed by atoms with Gasteiger partial charge in [0.15, 0.2) is 5.78 Å². The van der Waals surface area contributed by atoms with E-state index >= 15 is 0 Å². The maximum atomic E-state index is 13.5. The number of aromatic nitrogens is 2. The number of hydrogen-bond donors (Lipinski definition) is 2. The number of aromatic amines is 1. The number of ether oxygens (including phenoxy) is 1. The number of fused-ring (bicyclic) bond motifs is 1. The summed E-state index contributed by atoms with van der Waals surface area (Å²) < 4.78 is 7.11. The minimum absolute atomic E-state index is 0.111. The highest BCUT2D eigenvalue weighted by molar-refractivity contribution is 6.00. The van der Waals surface area contributed by atoms with Gasteiger partial charge < -0.3 is 10.1 Å². The van der Waals surface area contributed by atoms with Crippen molar-refractivity contribution in [3.8, 4) is 11.4 Å². The molecule has 3 aromatic rings. The second-order valence-corrected chi connectivity index (χ2v) is 7.61. The first-order valence-electron chi connectivity index (χ1n) is 10.3. The number of Topliss-reactive ketones (excluding diaryl/α,β-unsaturated/α-hetero) is 1. The van der Waals surface area contributed by atoms with Gasteiger partial charge in [-0.1, -0.05) is 30.3 Å². The molecule has 0 saturated heterocycles. The molecule has 0 amide bonds. The van der Waals surface area contributed by atoms with E-state index in [4.69, 9.17) is 4.74 Å².